The molecule has 2 N–H and O–H groups in total. The molecular formula is C15H14ClN3O2. The molecule has 0 spiro atoms. The van der Waals surface area contributed by atoms with E-state index in [0.717, 1.165) is 5.56 Å². The number of anilines is 2. The van der Waals surface area contributed by atoms with E-state index in [1.54, 1.807) is 24.3 Å². The maximum atomic E-state index is 12.0. The van der Waals surface area contributed by atoms with Crippen molar-refractivity contribution < 1.29 is 9.59 Å². The highest BCUT2D eigenvalue weighted by atomic mass is 35.5. The van der Waals surface area contributed by atoms with E-state index in [9.17, 15) is 9.59 Å². The summed E-state index contributed by atoms with van der Waals surface area (Å²) in [5.74, 6) is -0.0248. The first-order valence-electron chi connectivity index (χ1n) is 6.31. The summed E-state index contributed by atoms with van der Waals surface area (Å²) in [7, 11) is 0. The molecule has 0 fully saturated rings. The van der Waals surface area contributed by atoms with Gasteiger partial charge in [-0.25, -0.2) is 4.98 Å². The molecule has 0 saturated carbocycles. The highest BCUT2D eigenvalue weighted by molar-refractivity contribution is 6.31. The summed E-state index contributed by atoms with van der Waals surface area (Å²) in [6.45, 7) is 1.39. The third-order valence-electron chi connectivity index (χ3n) is 2.66. The Morgan fingerprint density at radius 3 is 2.67 bits per heavy atom. The smallest absolute Gasteiger partial charge is 0.228 e. The molecule has 0 aliphatic rings. The number of carbonyl (C=O) groups excluding carboxylic acids is 2. The first-order chi connectivity index (χ1) is 10.0. The molecule has 0 aliphatic heterocycles. The molecule has 1 heterocycles. The van der Waals surface area contributed by atoms with E-state index in [2.05, 4.69) is 15.6 Å². The Bertz CT molecular complexity index is 673. The zero-order chi connectivity index (χ0) is 15.2. The Hall–Kier alpha value is -2.40. The zero-order valence-electron chi connectivity index (χ0n) is 11.4. The van der Waals surface area contributed by atoms with Crippen LogP contribution in [0.5, 0.6) is 0 Å². The van der Waals surface area contributed by atoms with E-state index >= 15 is 0 Å². The van der Waals surface area contributed by atoms with Crippen LogP contribution in [0, 0.1) is 0 Å². The normalized spacial score (nSPS) is 10.0. The van der Waals surface area contributed by atoms with Gasteiger partial charge in [-0.3, -0.25) is 9.59 Å². The van der Waals surface area contributed by atoms with Crippen molar-refractivity contribution >= 4 is 34.9 Å². The van der Waals surface area contributed by atoms with Crippen molar-refractivity contribution in [3.05, 3.63) is 53.2 Å². The number of amides is 2. The van der Waals surface area contributed by atoms with Crippen LogP contribution in [-0.2, 0) is 16.0 Å². The molecule has 108 valence electrons. The van der Waals surface area contributed by atoms with Gasteiger partial charge in [0, 0.05) is 29.9 Å². The highest BCUT2D eigenvalue weighted by Crippen LogP contribution is 2.17. The highest BCUT2D eigenvalue weighted by Gasteiger charge is 2.08. The third kappa shape index (κ3) is 4.57. The average molecular weight is 304 g/mol. The minimum Gasteiger partial charge on any atom is -0.326 e. The van der Waals surface area contributed by atoms with Gasteiger partial charge >= 0.3 is 0 Å². The Morgan fingerprint density at radius 1 is 1.19 bits per heavy atom. The van der Waals surface area contributed by atoms with Crippen molar-refractivity contribution in [2.45, 2.75) is 13.3 Å². The quantitative estimate of drug-likeness (QED) is 0.912. The van der Waals surface area contributed by atoms with Crippen molar-refractivity contribution in [2.75, 3.05) is 10.6 Å². The number of rotatable bonds is 4. The maximum Gasteiger partial charge on any atom is 0.228 e. The predicted octanol–water partition coefficient (Wildman–Crippen LogP) is 2.87. The summed E-state index contributed by atoms with van der Waals surface area (Å²) in [4.78, 5) is 26.9. The Balaban J connectivity index is 2.03. The van der Waals surface area contributed by atoms with Gasteiger partial charge in [-0.05, 0) is 17.7 Å². The second-order valence-corrected chi connectivity index (χ2v) is 4.83. The molecular weight excluding hydrogens is 290 g/mol. The first kappa shape index (κ1) is 15.0. The number of hydrogen-bond acceptors (Lipinski definition) is 3. The molecule has 1 aromatic heterocycles. The summed E-state index contributed by atoms with van der Waals surface area (Å²) in [5.41, 5.74) is 1.32. The lowest BCUT2D eigenvalue weighted by atomic mass is 10.1. The van der Waals surface area contributed by atoms with Gasteiger partial charge in [0.05, 0.1) is 6.42 Å². The van der Waals surface area contributed by atoms with Crippen molar-refractivity contribution in [2.24, 2.45) is 0 Å². The summed E-state index contributed by atoms with van der Waals surface area (Å²) in [5, 5.41) is 5.85. The maximum absolute atomic E-state index is 12.0. The topological polar surface area (TPSA) is 71.1 Å². The Labute approximate surface area is 127 Å². The third-order valence-corrected chi connectivity index (χ3v) is 3.03. The van der Waals surface area contributed by atoms with Crippen LogP contribution in [-0.4, -0.2) is 16.8 Å². The molecule has 1 aromatic carbocycles. The minimum atomic E-state index is -0.220. The van der Waals surface area contributed by atoms with Gasteiger partial charge in [-0.15, -0.1) is 0 Å². The van der Waals surface area contributed by atoms with Gasteiger partial charge in [0.2, 0.25) is 11.8 Å². The molecule has 0 saturated heterocycles. The largest absolute Gasteiger partial charge is 0.326 e. The monoisotopic (exact) mass is 303 g/mol. The van der Waals surface area contributed by atoms with Crippen LogP contribution in [0.25, 0.3) is 0 Å². The predicted molar refractivity (Wildman–Crippen MR) is 82.3 cm³/mol. The molecule has 0 radical (unpaired) electrons. The fourth-order valence-corrected chi connectivity index (χ4v) is 1.98. The number of nitrogens with one attached hydrogen (secondary N) is 2. The van der Waals surface area contributed by atoms with E-state index in [1.165, 1.54) is 13.1 Å². The van der Waals surface area contributed by atoms with E-state index in [1.807, 2.05) is 12.1 Å². The van der Waals surface area contributed by atoms with Crippen LogP contribution < -0.4 is 10.6 Å². The van der Waals surface area contributed by atoms with E-state index in [4.69, 9.17) is 11.6 Å². The second-order valence-electron chi connectivity index (χ2n) is 4.43. The average Bonchev–Trinajstić information content (AvgIpc) is 2.41. The molecule has 2 rings (SSSR count). The lowest BCUT2D eigenvalue weighted by molar-refractivity contribution is -0.115. The van der Waals surface area contributed by atoms with Crippen molar-refractivity contribution in [3.8, 4) is 0 Å². The summed E-state index contributed by atoms with van der Waals surface area (Å²) in [6.07, 6.45) is 1.69. The molecule has 2 aromatic rings. The summed E-state index contributed by atoms with van der Waals surface area (Å²) in [6, 6.07) is 10.4. The number of aromatic nitrogens is 1. The standard InChI is InChI=1S/C15H14ClN3O2/c1-10(20)18-14-9-12(6-7-17-14)19-15(21)8-11-4-2-3-5-13(11)16/h2-7,9H,8H2,1H3,(H2,17,18,19,20,21). The summed E-state index contributed by atoms with van der Waals surface area (Å²) >= 11 is 6.02. The lowest BCUT2D eigenvalue weighted by Gasteiger charge is -2.08. The van der Waals surface area contributed by atoms with E-state index in [0.29, 0.717) is 16.5 Å². The van der Waals surface area contributed by atoms with Crippen LogP contribution in [0.3, 0.4) is 0 Å². The molecule has 6 heteroatoms. The second kappa shape index (κ2) is 6.85. The molecule has 2 amide bonds. The molecule has 0 aliphatic carbocycles. The van der Waals surface area contributed by atoms with Gasteiger partial charge in [0.25, 0.3) is 0 Å². The molecule has 5 nitrogen and oxygen atoms in total. The van der Waals surface area contributed by atoms with E-state index in [-0.39, 0.29) is 18.2 Å². The van der Waals surface area contributed by atoms with Gasteiger partial charge in [-0.2, -0.15) is 0 Å². The Morgan fingerprint density at radius 2 is 1.95 bits per heavy atom. The van der Waals surface area contributed by atoms with Crippen LogP contribution in [0.4, 0.5) is 11.5 Å². The Kier molecular flexibility index (Phi) is 4.90. The van der Waals surface area contributed by atoms with Gasteiger partial charge < -0.3 is 10.6 Å². The van der Waals surface area contributed by atoms with Gasteiger partial charge in [0.1, 0.15) is 5.82 Å². The van der Waals surface area contributed by atoms with Crippen molar-refractivity contribution in [1.29, 1.82) is 0 Å². The number of halogens is 1. The number of nitrogens with zero attached hydrogens (tertiary/aromatic N) is 1. The fourth-order valence-electron chi connectivity index (χ4n) is 1.78. The lowest BCUT2D eigenvalue weighted by Crippen LogP contribution is -2.15. The SMILES string of the molecule is CC(=O)Nc1cc(NC(=O)Cc2ccccc2Cl)ccn1. The number of benzene rings is 1. The molecule has 0 unspecified atom stereocenters. The number of carbonyl (C=O) groups is 2. The first-order valence-corrected chi connectivity index (χ1v) is 6.69. The molecule has 21 heavy (non-hydrogen) atoms. The van der Waals surface area contributed by atoms with Crippen molar-refractivity contribution in [3.63, 3.8) is 0 Å². The minimum absolute atomic E-state index is 0.178. The van der Waals surface area contributed by atoms with Crippen LogP contribution in [0.1, 0.15) is 12.5 Å². The molecule has 0 atom stereocenters. The van der Waals surface area contributed by atoms with Crippen molar-refractivity contribution in [1.82, 2.24) is 4.98 Å². The zero-order valence-corrected chi connectivity index (χ0v) is 12.1. The molecule has 0 bridgehead atoms. The fraction of sp³-hybridized carbons (Fsp3) is 0.133. The summed E-state index contributed by atoms with van der Waals surface area (Å²) < 4.78 is 0. The van der Waals surface area contributed by atoms with Gasteiger partial charge in [-0.1, -0.05) is 29.8 Å². The number of pyridine rings is 1. The van der Waals surface area contributed by atoms with Crippen LogP contribution >= 0.6 is 11.6 Å². The number of hydrogen-bond donors (Lipinski definition) is 2. The van der Waals surface area contributed by atoms with E-state index < -0.39 is 0 Å². The van der Waals surface area contributed by atoms with Crippen LogP contribution in [0.2, 0.25) is 5.02 Å². The van der Waals surface area contributed by atoms with Gasteiger partial charge in [0.15, 0.2) is 0 Å². The van der Waals surface area contributed by atoms with Crippen LogP contribution in [0.15, 0.2) is 42.6 Å².